The van der Waals surface area contributed by atoms with Crippen LogP contribution in [0.3, 0.4) is 0 Å². The second kappa shape index (κ2) is 3.17. The van der Waals surface area contributed by atoms with Crippen LogP contribution in [0.25, 0.3) is 0 Å². The summed E-state index contributed by atoms with van der Waals surface area (Å²) in [5.74, 6) is -0.953. The molecule has 0 saturated heterocycles. The highest BCUT2D eigenvalue weighted by Gasteiger charge is 2.09. The van der Waals surface area contributed by atoms with Crippen molar-refractivity contribution >= 4 is 17.3 Å². The summed E-state index contributed by atoms with van der Waals surface area (Å²) in [6, 6.07) is 3.57. The molecule has 0 fully saturated rings. The Labute approximate surface area is 67.5 Å². The molecule has 1 rings (SSSR count). The molecule has 3 nitrogen and oxygen atoms in total. The molecule has 0 aliphatic heterocycles. The van der Waals surface area contributed by atoms with E-state index in [-0.39, 0.29) is 11.3 Å². The number of nitriles is 1. The van der Waals surface area contributed by atoms with Crippen molar-refractivity contribution in [1.82, 2.24) is 0 Å². The van der Waals surface area contributed by atoms with Gasteiger partial charge in [-0.05, 0) is 17.0 Å². The van der Waals surface area contributed by atoms with E-state index in [1.807, 2.05) is 6.07 Å². The van der Waals surface area contributed by atoms with Crippen molar-refractivity contribution in [3.05, 3.63) is 21.9 Å². The summed E-state index contributed by atoms with van der Waals surface area (Å²) in [5, 5.41) is 18.6. The molecule has 1 heterocycles. The second-order valence-electron chi connectivity index (χ2n) is 1.92. The molecule has 0 aliphatic carbocycles. The minimum Gasteiger partial charge on any atom is -0.477 e. The highest BCUT2D eigenvalue weighted by Crippen LogP contribution is 2.16. The molecule has 1 aromatic heterocycles. The Kier molecular flexibility index (Phi) is 2.24. The molecule has 1 N–H and O–H groups in total. The van der Waals surface area contributed by atoms with E-state index in [0.717, 1.165) is 11.3 Å². The van der Waals surface area contributed by atoms with E-state index >= 15 is 0 Å². The van der Waals surface area contributed by atoms with Crippen molar-refractivity contribution in [3.63, 3.8) is 0 Å². The molecule has 0 aromatic carbocycles. The van der Waals surface area contributed by atoms with E-state index in [9.17, 15) is 4.79 Å². The van der Waals surface area contributed by atoms with Gasteiger partial charge in [-0.25, -0.2) is 4.79 Å². The average molecular weight is 167 g/mol. The smallest absolute Gasteiger partial charge is 0.346 e. The number of hydrogen-bond donors (Lipinski definition) is 1. The highest BCUT2D eigenvalue weighted by molar-refractivity contribution is 7.12. The van der Waals surface area contributed by atoms with Crippen LogP contribution in [0, 0.1) is 11.3 Å². The van der Waals surface area contributed by atoms with Crippen LogP contribution < -0.4 is 0 Å². The Morgan fingerprint density at radius 3 is 3.09 bits per heavy atom. The molecule has 4 heteroatoms. The van der Waals surface area contributed by atoms with E-state index in [2.05, 4.69) is 0 Å². The van der Waals surface area contributed by atoms with Crippen LogP contribution in [0.5, 0.6) is 0 Å². The first-order chi connectivity index (χ1) is 5.25. The molecule has 0 atom stereocenters. The van der Waals surface area contributed by atoms with Crippen molar-refractivity contribution in [2.24, 2.45) is 0 Å². The Morgan fingerprint density at radius 2 is 2.55 bits per heavy atom. The monoisotopic (exact) mass is 167 g/mol. The van der Waals surface area contributed by atoms with Gasteiger partial charge in [0.1, 0.15) is 4.88 Å². The van der Waals surface area contributed by atoms with Gasteiger partial charge in [0.2, 0.25) is 0 Å². The van der Waals surface area contributed by atoms with Crippen molar-refractivity contribution < 1.29 is 9.90 Å². The molecule has 0 saturated carbocycles. The second-order valence-corrected chi connectivity index (χ2v) is 2.83. The zero-order chi connectivity index (χ0) is 8.27. The van der Waals surface area contributed by atoms with Crippen molar-refractivity contribution in [1.29, 1.82) is 5.26 Å². The number of rotatable bonds is 2. The number of hydrogen-bond acceptors (Lipinski definition) is 3. The van der Waals surface area contributed by atoms with E-state index in [1.54, 1.807) is 11.4 Å². The van der Waals surface area contributed by atoms with Crippen LogP contribution in [0.15, 0.2) is 11.4 Å². The highest BCUT2D eigenvalue weighted by atomic mass is 32.1. The van der Waals surface area contributed by atoms with Crippen molar-refractivity contribution in [3.8, 4) is 6.07 Å². The Bertz CT molecular complexity index is 310. The lowest BCUT2D eigenvalue weighted by molar-refractivity contribution is 0.0701. The summed E-state index contributed by atoms with van der Waals surface area (Å²) in [7, 11) is 0. The molecule has 0 bridgehead atoms. The molecule has 0 aliphatic rings. The maximum atomic E-state index is 10.5. The van der Waals surface area contributed by atoms with Gasteiger partial charge in [-0.15, -0.1) is 11.3 Å². The van der Waals surface area contributed by atoms with Gasteiger partial charge in [-0.2, -0.15) is 5.26 Å². The zero-order valence-electron chi connectivity index (χ0n) is 5.57. The number of thiophene rings is 1. The first-order valence-corrected chi connectivity index (χ1v) is 3.80. The lowest BCUT2D eigenvalue weighted by Gasteiger charge is -1.90. The first kappa shape index (κ1) is 7.76. The number of nitrogens with zero attached hydrogens (tertiary/aromatic N) is 1. The van der Waals surface area contributed by atoms with E-state index in [1.165, 1.54) is 0 Å². The molecule has 0 amide bonds. The fraction of sp³-hybridized carbons (Fsp3) is 0.143. The SMILES string of the molecule is N#CCc1ccsc1C(=O)O. The average Bonchev–Trinajstić information content (AvgIpc) is 2.36. The topological polar surface area (TPSA) is 61.1 Å². The largest absolute Gasteiger partial charge is 0.477 e. The molecule has 56 valence electrons. The molecular formula is C7H5NO2S. The lowest BCUT2D eigenvalue weighted by atomic mass is 10.2. The summed E-state index contributed by atoms with van der Waals surface area (Å²) >= 11 is 1.15. The van der Waals surface area contributed by atoms with Gasteiger partial charge in [0.15, 0.2) is 0 Å². The number of carboxylic acids is 1. The minimum atomic E-state index is -0.953. The van der Waals surface area contributed by atoms with Crippen molar-refractivity contribution in [2.45, 2.75) is 6.42 Å². The molecule has 11 heavy (non-hydrogen) atoms. The first-order valence-electron chi connectivity index (χ1n) is 2.92. The predicted molar refractivity (Wildman–Crippen MR) is 40.6 cm³/mol. The molecule has 0 radical (unpaired) electrons. The normalized spacial score (nSPS) is 9.00. The Balaban J connectivity index is 2.98. The lowest BCUT2D eigenvalue weighted by Crippen LogP contribution is -1.96. The Hall–Kier alpha value is -1.34. The quantitative estimate of drug-likeness (QED) is 0.726. The number of carbonyl (C=O) groups is 1. The third kappa shape index (κ3) is 1.57. The van der Waals surface area contributed by atoms with Crippen LogP contribution in [-0.2, 0) is 6.42 Å². The van der Waals surface area contributed by atoms with E-state index < -0.39 is 5.97 Å². The van der Waals surface area contributed by atoms with Gasteiger partial charge in [-0.1, -0.05) is 0 Å². The molecular weight excluding hydrogens is 162 g/mol. The van der Waals surface area contributed by atoms with Gasteiger partial charge in [0.25, 0.3) is 0 Å². The summed E-state index contributed by atoms with van der Waals surface area (Å²) in [6.45, 7) is 0. The molecule has 0 unspecified atom stereocenters. The summed E-state index contributed by atoms with van der Waals surface area (Å²) in [5.41, 5.74) is 0.602. The molecule has 0 spiro atoms. The maximum Gasteiger partial charge on any atom is 0.346 e. The summed E-state index contributed by atoms with van der Waals surface area (Å²) < 4.78 is 0. The third-order valence-corrected chi connectivity index (χ3v) is 2.16. The van der Waals surface area contributed by atoms with Crippen LogP contribution in [0.1, 0.15) is 15.2 Å². The zero-order valence-corrected chi connectivity index (χ0v) is 6.39. The summed E-state index contributed by atoms with van der Waals surface area (Å²) in [4.78, 5) is 10.7. The van der Waals surface area contributed by atoms with Gasteiger partial charge < -0.3 is 5.11 Å². The van der Waals surface area contributed by atoms with Crippen LogP contribution in [0.2, 0.25) is 0 Å². The minimum absolute atomic E-state index is 0.172. The van der Waals surface area contributed by atoms with E-state index in [4.69, 9.17) is 10.4 Å². The summed E-state index contributed by atoms with van der Waals surface area (Å²) in [6.07, 6.45) is 0.172. The fourth-order valence-corrected chi connectivity index (χ4v) is 1.51. The van der Waals surface area contributed by atoms with Crippen LogP contribution >= 0.6 is 11.3 Å². The van der Waals surface area contributed by atoms with Gasteiger partial charge in [-0.3, -0.25) is 0 Å². The van der Waals surface area contributed by atoms with Crippen LogP contribution in [0.4, 0.5) is 0 Å². The van der Waals surface area contributed by atoms with Gasteiger partial charge >= 0.3 is 5.97 Å². The van der Waals surface area contributed by atoms with Gasteiger partial charge in [0.05, 0.1) is 12.5 Å². The molecule has 1 aromatic rings. The standard InChI is InChI=1S/C7H5NO2S/c8-3-1-5-2-4-11-6(5)7(9)10/h2,4H,1H2,(H,9,10). The van der Waals surface area contributed by atoms with Crippen molar-refractivity contribution in [2.75, 3.05) is 0 Å². The third-order valence-electron chi connectivity index (χ3n) is 1.21. The van der Waals surface area contributed by atoms with Gasteiger partial charge in [0, 0.05) is 0 Å². The van der Waals surface area contributed by atoms with Crippen LogP contribution in [-0.4, -0.2) is 11.1 Å². The number of aromatic carboxylic acids is 1. The predicted octanol–water partition coefficient (Wildman–Crippen LogP) is 1.51. The number of carboxylic acid groups (broad SMARTS) is 1. The fourth-order valence-electron chi connectivity index (χ4n) is 0.748. The Morgan fingerprint density at radius 1 is 1.82 bits per heavy atom. The maximum absolute atomic E-state index is 10.5. The van der Waals surface area contributed by atoms with E-state index in [0.29, 0.717) is 5.56 Å².